The lowest BCUT2D eigenvalue weighted by molar-refractivity contribution is -0.121. The van der Waals surface area contributed by atoms with Crippen molar-refractivity contribution in [2.45, 2.75) is 51.5 Å². The van der Waals surface area contributed by atoms with Gasteiger partial charge in [0.05, 0.1) is 10.6 Å². The lowest BCUT2D eigenvalue weighted by Crippen LogP contribution is -2.48. The highest BCUT2D eigenvalue weighted by molar-refractivity contribution is 7.92. The fraction of sp³-hybridized carbons (Fsp3) is 0.381. The van der Waals surface area contributed by atoms with Gasteiger partial charge in [-0.05, 0) is 69.5 Å². The van der Waals surface area contributed by atoms with E-state index in [2.05, 4.69) is 5.32 Å². The molecule has 0 bridgehead atoms. The molecule has 146 valence electrons. The van der Waals surface area contributed by atoms with Crippen molar-refractivity contribution in [1.82, 2.24) is 5.32 Å². The molecule has 6 heteroatoms. The van der Waals surface area contributed by atoms with Crippen molar-refractivity contribution in [3.8, 4) is 0 Å². The number of nitrogens with zero attached hydrogens (tertiary/aromatic N) is 1. The number of anilines is 1. The van der Waals surface area contributed by atoms with Crippen LogP contribution in [0.4, 0.5) is 5.69 Å². The van der Waals surface area contributed by atoms with Crippen molar-refractivity contribution < 1.29 is 13.2 Å². The highest BCUT2D eigenvalue weighted by Gasteiger charge is 2.29. The number of benzene rings is 2. The number of carbonyl (C=O) groups excluding carboxylic acids is 1. The third kappa shape index (κ3) is 5.32. The molecule has 0 unspecified atom stereocenters. The molecule has 0 spiro atoms. The molecule has 1 amide bonds. The third-order valence-corrected chi connectivity index (χ3v) is 6.26. The van der Waals surface area contributed by atoms with E-state index in [1.807, 2.05) is 40.7 Å². The first-order valence-electron chi connectivity index (χ1n) is 9.02. The summed E-state index contributed by atoms with van der Waals surface area (Å²) < 4.78 is 27.7. The molecular weight excluding hydrogens is 360 g/mol. The fourth-order valence-corrected chi connectivity index (χ4v) is 4.19. The monoisotopic (exact) mass is 388 g/mol. The van der Waals surface area contributed by atoms with Gasteiger partial charge in [0.1, 0.15) is 6.54 Å². The van der Waals surface area contributed by atoms with E-state index in [4.69, 9.17) is 0 Å². The average molecular weight is 389 g/mol. The minimum Gasteiger partial charge on any atom is -0.350 e. The van der Waals surface area contributed by atoms with Crippen LogP contribution in [0, 0.1) is 13.8 Å². The molecule has 0 radical (unpaired) electrons. The summed E-state index contributed by atoms with van der Waals surface area (Å²) in [5.74, 6) is -0.333. The summed E-state index contributed by atoms with van der Waals surface area (Å²) in [6.45, 7) is 9.34. The smallest absolute Gasteiger partial charge is 0.264 e. The molecule has 0 saturated carbocycles. The summed E-state index contributed by atoms with van der Waals surface area (Å²) in [6, 6.07) is 13.7. The zero-order valence-electron chi connectivity index (χ0n) is 16.6. The zero-order valence-corrected chi connectivity index (χ0v) is 17.4. The second kappa shape index (κ2) is 8.13. The van der Waals surface area contributed by atoms with E-state index in [-0.39, 0.29) is 17.3 Å². The Morgan fingerprint density at radius 1 is 1.04 bits per heavy atom. The molecule has 2 aromatic rings. The van der Waals surface area contributed by atoms with Crippen LogP contribution in [-0.2, 0) is 14.8 Å². The number of rotatable bonds is 7. The van der Waals surface area contributed by atoms with E-state index in [0.29, 0.717) is 5.69 Å². The lowest BCUT2D eigenvalue weighted by atomic mass is 10.0. The molecule has 2 aromatic carbocycles. The van der Waals surface area contributed by atoms with Gasteiger partial charge >= 0.3 is 0 Å². The maximum Gasteiger partial charge on any atom is 0.264 e. The largest absolute Gasteiger partial charge is 0.350 e. The second-order valence-electron chi connectivity index (χ2n) is 7.46. The van der Waals surface area contributed by atoms with Gasteiger partial charge in [0.25, 0.3) is 10.0 Å². The number of hydrogen-bond donors (Lipinski definition) is 1. The van der Waals surface area contributed by atoms with E-state index in [1.54, 1.807) is 42.5 Å². The first-order chi connectivity index (χ1) is 12.5. The number of hydrogen-bond acceptors (Lipinski definition) is 3. The maximum absolute atomic E-state index is 13.3. The number of nitrogens with one attached hydrogen (secondary N) is 1. The number of aryl methyl sites for hydroxylation is 2. The summed E-state index contributed by atoms with van der Waals surface area (Å²) in [5.41, 5.74) is 1.96. The van der Waals surface area contributed by atoms with Crippen molar-refractivity contribution in [3.63, 3.8) is 0 Å². The molecule has 0 aromatic heterocycles. The normalized spacial score (nSPS) is 11.9. The zero-order chi connectivity index (χ0) is 20.2. The van der Waals surface area contributed by atoms with Gasteiger partial charge in [0.2, 0.25) is 5.91 Å². The summed E-state index contributed by atoms with van der Waals surface area (Å²) in [6.07, 6.45) is 0.744. The predicted molar refractivity (Wildman–Crippen MR) is 109 cm³/mol. The Balaban J connectivity index is 2.48. The Kier molecular flexibility index (Phi) is 6.31. The van der Waals surface area contributed by atoms with E-state index in [1.165, 1.54) is 4.31 Å². The molecular formula is C21H28N2O3S. The average Bonchev–Trinajstić information content (AvgIpc) is 2.59. The van der Waals surface area contributed by atoms with Crippen LogP contribution in [0.15, 0.2) is 53.4 Å². The Bertz CT molecular complexity index is 886. The van der Waals surface area contributed by atoms with Gasteiger partial charge in [0.15, 0.2) is 0 Å². The highest BCUT2D eigenvalue weighted by atomic mass is 32.2. The van der Waals surface area contributed by atoms with Crippen LogP contribution in [0.1, 0.15) is 38.3 Å². The molecule has 0 saturated heterocycles. The number of sulfonamides is 1. The van der Waals surface area contributed by atoms with Gasteiger partial charge in [-0.15, -0.1) is 0 Å². The summed E-state index contributed by atoms with van der Waals surface area (Å²) in [4.78, 5) is 12.8. The third-order valence-electron chi connectivity index (χ3n) is 4.47. The van der Waals surface area contributed by atoms with E-state index in [9.17, 15) is 13.2 Å². The summed E-state index contributed by atoms with van der Waals surface area (Å²) >= 11 is 0. The van der Waals surface area contributed by atoms with Crippen molar-refractivity contribution in [2.24, 2.45) is 0 Å². The van der Waals surface area contributed by atoms with Crippen LogP contribution in [0.25, 0.3) is 0 Å². The van der Waals surface area contributed by atoms with Gasteiger partial charge < -0.3 is 5.32 Å². The number of amides is 1. The molecule has 0 atom stereocenters. The van der Waals surface area contributed by atoms with Crippen LogP contribution in [-0.4, -0.2) is 26.4 Å². The van der Waals surface area contributed by atoms with E-state index < -0.39 is 15.6 Å². The molecule has 5 nitrogen and oxygen atoms in total. The summed E-state index contributed by atoms with van der Waals surface area (Å²) in [5, 5.41) is 2.91. The molecule has 2 rings (SSSR count). The van der Waals surface area contributed by atoms with Crippen molar-refractivity contribution in [3.05, 3.63) is 59.7 Å². The second-order valence-corrected chi connectivity index (χ2v) is 9.32. The van der Waals surface area contributed by atoms with Crippen LogP contribution in [0.2, 0.25) is 0 Å². The van der Waals surface area contributed by atoms with Crippen molar-refractivity contribution in [2.75, 3.05) is 10.8 Å². The van der Waals surface area contributed by atoms with Crippen LogP contribution in [0.5, 0.6) is 0 Å². The molecule has 0 aliphatic carbocycles. The summed E-state index contributed by atoms with van der Waals surface area (Å²) in [7, 11) is -3.87. The highest BCUT2D eigenvalue weighted by Crippen LogP contribution is 2.26. The molecule has 0 heterocycles. The minimum absolute atomic E-state index is 0.159. The van der Waals surface area contributed by atoms with E-state index >= 15 is 0 Å². The fourth-order valence-electron chi connectivity index (χ4n) is 2.77. The molecule has 0 aliphatic heterocycles. The Morgan fingerprint density at radius 3 is 2.11 bits per heavy atom. The molecule has 0 fully saturated rings. The van der Waals surface area contributed by atoms with Crippen molar-refractivity contribution in [1.29, 1.82) is 0 Å². The standard InChI is InChI=1S/C21H28N2O3S/c1-6-21(4,5)22-20(24)15-23(18-13-16(2)12-17(3)14-18)27(25,26)19-10-8-7-9-11-19/h7-14H,6,15H2,1-5H3,(H,22,24). The van der Waals surface area contributed by atoms with Crippen LogP contribution < -0.4 is 9.62 Å². The van der Waals surface area contributed by atoms with Crippen molar-refractivity contribution >= 4 is 21.6 Å². The van der Waals surface area contributed by atoms with Gasteiger partial charge in [-0.3, -0.25) is 9.10 Å². The SMILES string of the molecule is CCC(C)(C)NC(=O)CN(c1cc(C)cc(C)c1)S(=O)(=O)c1ccccc1. The van der Waals surface area contributed by atoms with Crippen LogP contribution in [0.3, 0.4) is 0 Å². The lowest BCUT2D eigenvalue weighted by Gasteiger charge is -2.29. The van der Waals surface area contributed by atoms with Gasteiger partial charge in [0, 0.05) is 5.54 Å². The molecule has 27 heavy (non-hydrogen) atoms. The topological polar surface area (TPSA) is 66.5 Å². The van der Waals surface area contributed by atoms with Crippen LogP contribution >= 0.6 is 0 Å². The number of carbonyl (C=O) groups is 1. The Morgan fingerprint density at radius 2 is 1.59 bits per heavy atom. The Labute approximate surface area is 162 Å². The quantitative estimate of drug-likeness (QED) is 0.784. The predicted octanol–water partition coefficient (Wildman–Crippen LogP) is 3.80. The minimum atomic E-state index is -3.87. The first kappa shape index (κ1) is 21.0. The Hall–Kier alpha value is -2.34. The maximum atomic E-state index is 13.3. The van der Waals surface area contributed by atoms with Gasteiger partial charge in [-0.1, -0.05) is 31.2 Å². The van der Waals surface area contributed by atoms with E-state index in [0.717, 1.165) is 17.5 Å². The molecule has 0 aliphatic rings. The van der Waals surface area contributed by atoms with Gasteiger partial charge in [-0.25, -0.2) is 8.42 Å². The van der Waals surface area contributed by atoms with Gasteiger partial charge in [-0.2, -0.15) is 0 Å². The molecule has 1 N–H and O–H groups in total. The first-order valence-corrected chi connectivity index (χ1v) is 10.5.